The number of ether oxygens (including phenoxy) is 1. The molecule has 3 rings (SSSR count). The van der Waals surface area contributed by atoms with Crippen molar-refractivity contribution in [3.05, 3.63) is 47.5 Å². The quantitative estimate of drug-likeness (QED) is 0.629. The summed E-state index contributed by atoms with van der Waals surface area (Å²) < 4.78 is 33.2. The van der Waals surface area contributed by atoms with Crippen LogP contribution in [0.25, 0.3) is 0 Å². The summed E-state index contributed by atoms with van der Waals surface area (Å²) in [6, 6.07) is 11.4. The molecule has 1 saturated heterocycles. The van der Waals surface area contributed by atoms with Crippen molar-refractivity contribution in [3.63, 3.8) is 0 Å². The molecule has 10 heteroatoms. The van der Waals surface area contributed by atoms with E-state index in [-0.39, 0.29) is 41.5 Å². The van der Waals surface area contributed by atoms with E-state index >= 15 is 0 Å². The van der Waals surface area contributed by atoms with E-state index in [0.717, 1.165) is 0 Å². The van der Waals surface area contributed by atoms with E-state index < -0.39 is 10.0 Å². The Kier molecular flexibility index (Phi) is 7.76. The van der Waals surface area contributed by atoms with Crippen molar-refractivity contribution in [2.24, 2.45) is 5.92 Å². The van der Waals surface area contributed by atoms with Crippen molar-refractivity contribution in [3.8, 4) is 5.75 Å². The van der Waals surface area contributed by atoms with Crippen LogP contribution in [-0.4, -0.2) is 44.2 Å². The number of carbonyl (C=O) groups is 2. The number of sulfonamides is 1. The average Bonchev–Trinajstić information content (AvgIpc) is 2.75. The van der Waals surface area contributed by atoms with Gasteiger partial charge in [-0.25, -0.2) is 8.42 Å². The lowest BCUT2D eigenvalue weighted by Gasteiger charge is -2.31. The largest absolute Gasteiger partial charge is 0.492 e. The Hall–Kier alpha value is -2.62. The van der Waals surface area contributed by atoms with Crippen molar-refractivity contribution >= 4 is 44.8 Å². The lowest BCUT2D eigenvalue weighted by atomic mass is 9.97. The van der Waals surface area contributed by atoms with Gasteiger partial charge in [0, 0.05) is 42.3 Å². The average molecular weight is 480 g/mol. The normalized spacial score (nSPS) is 15.2. The van der Waals surface area contributed by atoms with Crippen molar-refractivity contribution in [2.75, 3.05) is 30.3 Å². The lowest BCUT2D eigenvalue weighted by Crippen LogP contribution is -2.41. The van der Waals surface area contributed by atoms with Gasteiger partial charge in [-0.05, 0) is 56.2 Å². The monoisotopic (exact) mass is 479 g/mol. The number of hydrogen-bond donors (Lipinski definition) is 2. The zero-order chi connectivity index (χ0) is 23.3. The predicted octanol–water partition coefficient (Wildman–Crippen LogP) is 3.74. The highest BCUT2D eigenvalue weighted by atomic mass is 35.5. The van der Waals surface area contributed by atoms with Gasteiger partial charge >= 0.3 is 0 Å². The number of amides is 2. The number of carbonyl (C=O) groups excluding carboxylic acids is 2. The molecule has 172 valence electrons. The fourth-order valence-electron chi connectivity index (χ4n) is 3.58. The molecule has 0 saturated carbocycles. The Balaban J connectivity index is 1.65. The maximum atomic E-state index is 13.2. The van der Waals surface area contributed by atoms with E-state index in [0.29, 0.717) is 35.8 Å². The summed E-state index contributed by atoms with van der Waals surface area (Å²) in [4.78, 5) is 24.0. The first-order valence-corrected chi connectivity index (χ1v) is 12.1. The summed E-state index contributed by atoms with van der Waals surface area (Å²) in [6.45, 7) is 3.94. The highest BCUT2D eigenvalue weighted by molar-refractivity contribution is 7.89. The second-order valence-electron chi connectivity index (χ2n) is 7.45. The molecule has 0 aliphatic carbocycles. The topological polar surface area (TPSA) is 105 Å². The molecule has 0 unspecified atom stereocenters. The lowest BCUT2D eigenvalue weighted by molar-refractivity contribution is -0.121. The van der Waals surface area contributed by atoms with Crippen LogP contribution in [0.2, 0.25) is 5.02 Å². The fraction of sp³-hybridized carbons (Fsp3) is 0.364. The minimum absolute atomic E-state index is 0.0320. The van der Waals surface area contributed by atoms with Gasteiger partial charge in [-0.2, -0.15) is 4.31 Å². The fourth-order valence-corrected chi connectivity index (χ4v) is 5.44. The molecule has 0 atom stereocenters. The van der Waals surface area contributed by atoms with Gasteiger partial charge < -0.3 is 15.4 Å². The molecule has 0 spiro atoms. The number of halogens is 1. The van der Waals surface area contributed by atoms with Gasteiger partial charge in [-0.15, -0.1) is 0 Å². The molecule has 32 heavy (non-hydrogen) atoms. The summed E-state index contributed by atoms with van der Waals surface area (Å²) in [6.07, 6.45) is 0.780. The number of piperidine rings is 1. The molecule has 0 aromatic heterocycles. The molecule has 0 bridgehead atoms. The molecule has 2 aromatic carbocycles. The van der Waals surface area contributed by atoms with E-state index in [1.54, 1.807) is 43.3 Å². The first kappa shape index (κ1) is 24.0. The number of nitrogens with zero attached hydrogens (tertiary/aromatic N) is 1. The standard InChI is InChI=1S/C22H26ClN3O5S/c1-3-31-20-8-7-17(23)13-21(20)32(29,30)26-11-9-16(10-12-26)22(28)25-19-6-4-5-18(14-19)24-15(2)27/h4-8,13-14,16H,3,9-12H2,1-2H3,(H,24,27)(H,25,28). The van der Waals surface area contributed by atoms with Gasteiger partial charge in [-0.3, -0.25) is 9.59 Å². The summed E-state index contributed by atoms with van der Waals surface area (Å²) in [5.41, 5.74) is 1.15. The Bertz CT molecular complexity index is 1100. The minimum atomic E-state index is -3.81. The van der Waals surface area contributed by atoms with Crippen LogP contribution in [0.3, 0.4) is 0 Å². The molecule has 2 N–H and O–H groups in total. The van der Waals surface area contributed by atoms with Crippen molar-refractivity contribution in [1.82, 2.24) is 4.31 Å². The number of rotatable bonds is 7. The highest BCUT2D eigenvalue weighted by Crippen LogP contribution is 2.32. The third-order valence-corrected chi connectivity index (χ3v) is 7.25. The maximum absolute atomic E-state index is 13.2. The number of nitrogens with one attached hydrogen (secondary N) is 2. The summed E-state index contributed by atoms with van der Waals surface area (Å²) in [7, 11) is -3.81. The van der Waals surface area contributed by atoms with Gasteiger partial charge in [0.05, 0.1) is 6.61 Å². The Morgan fingerprint density at radius 2 is 1.75 bits per heavy atom. The highest BCUT2D eigenvalue weighted by Gasteiger charge is 2.34. The zero-order valence-electron chi connectivity index (χ0n) is 17.9. The first-order valence-electron chi connectivity index (χ1n) is 10.3. The van der Waals surface area contributed by atoms with Crippen LogP contribution in [0, 0.1) is 5.92 Å². The van der Waals surface area contributed by atoms with Crippen molar-refractivity contribution in [2.45, 2.75) is 31.6 Å². The van der Waals surface area contributed by atoms with E-state index in [9.17, 15) is 18.0 Å². The summed E-state index contributed by atoms with van der Waals surface area (Å²) in [5, 5.41) is 5.83. The summed E-state index contributed by atoms with van der Waals surface area (Å²) in [5.74, 6) is -0.443. The molecule has 1 heterocycles. The number of anilines is 2. The van der Waals surface area contributed by atoms with Gasteiger partial charge in [0.25, 0.3) is 0 Å². The zero-order valence-corrected chi connectivity index (χ0v) is 19.5. The van der Waals surface area contributed by atoms with Gasteiger partial charge in [0.2, 0.25) is 21.8 Å². The van der Waals surface area contributed by atoms with E-state index in [4.69, 9.17) is 16.3 Å². The Morgan fingerprint density at radius 1 is 1.09 bits per heavy atom. The van der Waals surface area contributed by atoms with E-state index in [2.05, 4.69) is 10.6 Å². The molecule has 1 fully saturated rings. The maximum Gasteiger partial charge on any atom is 0.246 e. The van der Waals surface area contributed by atoms with Crippen LogP contribution in [0.4, 0.5) is 11.4 Å². The van der Waals surface area contributed by atoms with Gasteiger partial charge in [0.1, 0.15) is 10.6 Å². The van der Waals surface area contributed by atoms with Crippen LogP contribution in [-0.2, 0) is 19.6 Å². The van der Waals surface area contributed by atoms with Crippen LogP contribution in [0.1, 0.15) is 26.7 Å². The molecule has 8 nitrogen and oxygen atoms in total. The van der Waals surface area contributed by atoms with Gasteiger partial charge in [-0.1, -0.05) is 17.7 Å². The van der Waals surface area contributed by atoms with E-state index in [1.165, 1.54) is 17.3 Å². The first-order chi connectivity index (χ1) is 15.2. The SMILES string of the molecule is CCOc1ccc(Cl)cc1S(=O)(=O)N1CCC(C(=O)Nc2cccc(NC(C)=O)c2)CC1. The second-order valence-corrected chi connectivity index (χ2v) is 9.80. The molecule has 1 aliphatic heterocycles. The second kappa shape index (κ2) is 10.3. The minimum Gasteiger partial charge on any atom is -0.492 e. The molecular formula is C22H26ClN3O5S. The molecule has 0 radical (unpaired) electrons. The van der Waals surface area contributed by atoms with Crippen molar-refractivity contribution < 1.29 is 22.7 Å². The van der Waals surface area contributed by atoms with E-state index in [1.807, 2.05) is 0 Å². The van der Waals surface area contributed by atoms with Crippen molar-refractivity contribution in [1.29, 1.82) is 0 Å². The number of benzene rings is 2. The van der Waals surface area contributed by atoms with Crippen LogP contribution in [0.15, 0.2) is 47.4 Å². The third kappa shape index (κ3) is 5.79. The molecule has 1 aliphatic rings. The smallest absolute Gasteiger partial charge is 0.246 e. The van der Waals surface area contributed by atoms with Crippen LogP contribution in [0.5, 0.6) is 5.75 Å². The Morgan fingerprint density at radius 3 is 2.38 bits per heavy atom. The molecule has 2 aromatic rings. The van der Waals surface area contributed by atoms with Crippen LogP contribution < -0.4 is 15.4 Å². The Labute approximate surface area is 192 Å². The number of hydrogen-bond acceptors (Lipinski definition) is 5. The van der Waals surface area contributed by atoms with Gasteiger partial charge in [0.15, 0.2) is 0 Å². The molecular weight excluding hydrogens is 454 g/mol. The van der Waals surface area contributed by atoms with Crippen LogP contribution >= 0.6 is 11.6 Å². The summed E-state index contributed by atoms with van der Waals surface area (Å²) >= 11 is 6.03. The predicted molar refractivity (Wildman–Crippen MR) is 123 cm³/mol. The third-order valence-electron chi connectivity index (χ3n) is 5.10. The molecule has 2 amide bonds.